The Bertz CT molecular complexity index is 952. The van der Waals surface area contributed by atoms with Crippen LogP contribution >= 0.6 is 23.1 Å². The maximum Gasteiger partial charge on any atom is 0.337 e. The molecule has 0 saturated carbocycles. The summed E-state index contributed by atoms with van der Waals surface area (Å²) in [5.74, 6) is -2.27. The molecule has 0 atom stereocenters. The van der Waals surface area contributed by atoms with Gasteiger partial charge in [0.2, 0.25) is 5.91 Å². The normalized spacial score (nSPS) is 15.4. The molecule has 0 spiro atoms. The van der Waals surface area contributed by atoms with Gasteiger partial charge < -0.3 is 10.0 Å². The van der Waals surface area contributed by atoms with Crippen molar-refractivity contribution in [1.82, 2.24) is 4.90 Å². The number of carbonyl (C=O) groups is 4. The summed E-state index contributed by atoms with van der Waals surface area (Å²) in [5, 5.41) is 10.6. The van der Waals surface area contributed by atoms with Crippen molar-refractivity contribution >= 4 is 57.9 Å². The van der Waals surface area contributed by atoms with Gasteiger partial charge in [-0.2, -0.15) is 0 Å². The van der Waals surface area contributed by atoms with Gasteiger partial charge in [-0.25, -0.2) is 4.79 Å². The lowest BCUT2D eigenvalue weighted by molar-refractivity contribution is -0.128. The second-order valence-electron chi connectivity index (χ2n) is 5.56. The lowest BCUT2D eigenvalue weighted by atomic mass is 10.1. The molecule has 2 heterocycles. The maximum absolute atomic E-state index is 12.5. The number of carboxylic acid groups (broad SMARTS) is 1. The highest BCUT2D eigenvalue weighted by Crippen LogP contribution is 2.33. The largest absolute Gasteiger partial charge is 0.478 e. The zero-order chi connectivity index (χ0) is 19.6. The molecule has 1 aliphatic heterocycles. The van der Waals surface area contributed by atoms with Crippen molar-refractivity contribution in [2.45, 2.75) is 0 Å². The molecule has 1 N–H and O–H groups in total. The highest BCUT2D eigenvalue weighted by molar-refractivity contribution is 8.18. The number of hydrogen-bond donors (Lipinski definition) is 1. The average Bonchev–Trinajstić information content (AvgIpc) is 3.25. The first kappa shape index (κ1) is 18.9. The number of rotatable bonds is 5. The summed E-state index contributed by atoms with van der Waals surface area (Å²) in [7, 11) is 1.41. The molecule has 0 aliphatic carbocycles. The van der Waals surface area contributed by atoms with E-state index in [2.05, 4.69) is 0 Å². The summed E-state index contributed by atoms with van der Waals surface area (Å²) >= 11 is 2.21. The summed E-state index contributed by atoms with van der Waals surface area (Å²) in [6.45, 7) is -0.461. The molecule has 7 nitrogen and oxygen atoms in total. The number of thiophene rings is 1. The van der Waals surface area contributed by atoms with Gasteiger partial charge in [0, 0.05) is 11.9 Å². The number of para-hydroxylation sites is 1. The minimum Gasteiger partial charge on any atom is -0.478 e. The Kier molecular flexibility index (Phi) is 5.43. The van der Waals surface area contributed by atoms with E-state index in [9.17, 15) is 24.3 Å². The molecule has 9 heteroatoms. The number of aromatic carboxylic acids is 1. The average molecular weight is 402 g/mol. The van der Waals surface area contributed by atoms with Crippen LogP contribution in [0.1, 0.15) is 15.2 Å². The molecular weight excluding hydrogens is 388 g/mol. The van der Waals surface area contributed by atoms with Crippen LogP contribution in [0.15, 0.2) is 46.7 Å². The quantitative estimate of drug-likeness (QED) is 0.772. The standard InChI is InChI=1S/C18H14N2O5S2/c1-19(13-7-3-2-6-12(13)17(23)24)15(21)10-20-16(22)14(27-18(20)25)9-11-5-4-8-26-11/h2-9H,10H2,1H3,(H,23,24)/b14-9-. The molecular formula is C18H14N2O5S2. The molecule has 1 aromatic heterocycles. The number of amides is 3. The lowest BCUT2D eigenvalue weighted by Gasteiger charge is -2.21. The Morgan fingerprint density at radius 2 is 1.93 bits per heavy atom. The summed E-state index contributed by atoms with van der Waals surface area (Å²) < 4.78 is 0. The van der Waals surface area contributed by atoms with Crippen LogP contribution in [0.5, 0.6) is 0 Å². The van der Waals surface area contributed by atoms with Crippen LogP contribution in [-0.4, -0.2) is 46.6 Å². The summed E-state index contributed by atoms with van der Waals surface area (Å²) in [6.07, 6.45) is 1.61. The number of anilines is 1. The number of hydrogen-bond acceptors (Lipinski definition) is 6. The summed E-state index contributed by atoms with van der Waals surface area (Å²) in [5.41, 5.74) is 0.149. The summed E-state index contributed by atoms with van der Waals surface area (Å²) in [4.78, 5) is 51.6. The maximum atomic E-state index is 12.5. The minimum absolute atomic E-state index is 0.0416. The Morgan fingerprint density at radius 1 is 1.19 bits per heavy atom. The van der Waals surface area contributed by atoms with Gasteiger partial charge >= 0.3 is 5.97 Å². The van der Waals surface area contributed by atoms with E-state index in [1.165, 1.54) is 30.5 Å². The van der Waals surface area contributed by atoms with Crippen molar-refractivity contribution in [3.63, 3.8) is 0 Å². The van der Waals surface area contributed by atoms with E-state index in [1.54, 1.807) is 18.2 Å². The number of thioether (sulfide) groups is 1. The molecule has 2 aromatic rings. The molecule has 0 bridgehead atoms. The smallest absolute Gasteiger partial charge is 0.337 e. The highest BCUT2D eigenvalue weighted by Gasteiger charge is 2.37. The number of imide groups is 1. The Hall–Kier alpha value is -2.91. The van der Waals surface area contributed by atoms with Crippen LogP contribution in [0, 0.1) is 0 Å². The first-order valence-electron chi connectivity index (χ1n) is 7.76. The van der Waals surface area contributed by atoms with Crippen molar-refractivity contribution < 1.29 is 24.3 Å². The van der Waals surface area contributed by atoms with Crippen molar-refractivity contribution in [3.8, 4) is 0 Å². The number of carbonyl (C=O) groups excluding carboxylic acids is 3. The van der Waals surface area contributed by atoms with Crippen LogP contribution in [0.3, 0.4) is 0 Å². The lowest BCUT2D eigenvalue weighted by Crippen LogP contribution is -2.41. The fourth-order valence-corrected chi connectivity index (χ4v) is 4.02. The van der Waals surface area contributed by atoms with Crippen molar-refractivity contribution in [3.05, 3.63) is 57.1 Å². The predicted octanol–water partition coefficient (Wildman–Crippen LogP) is 3.15. The van der Waals surface area contributed by atoms with Gasteiger partial charge in [-0.1, -0.05) is 18.2 Å². The molecule has 0 radical (unpaired) electrons. The Balaban J connectivity index is 1.77. The van der Waals surface area contributed by atoms with Gasteiger partial charge in [-0.05, 0) is 41.4 Å². The topological polar surface area (TPSA) is 95.0 Å². The van der Waals surface area contributed by atoms with Gasteiger partial charge in [0.25, 0.3) is 11.1 Å². The molecule has 1 saturated heterocycles. The van der Waals surface area contributed by atoms with Gasteiger partial charge in [0.15, 0.2) is 0 Å². The van der Waals surface area contributed by atoms with Gasteiger partial charge in [-0.15, -0.1) is 11.3 Å². The van der Waals surface area contributed by atoms with E-state index in [1.807, 2.05) is 17.5 Å². The van der Waals surface area contributed by atoms with E-state index in [-0.39, 0.29) is 16.2 Å². The molecule has 3 rings (SSSR count). The zero-order valence-corrected chi connectivity index (χ0v) is 15.8. The monoisotopic (exact) mass is 402 g/mol. The van der Waals surface area contributed by atoms with Crippen LogP contribution in [0.4, 0.5) is 10.5 Å². The predicted molar refractivity (Wildman–Crippen MR) is 104 cm³/mol. The SMILES string of the molecule is CN(C(=O)CN1C(=O)S/C(=C\c2cccs2)C1=O)c1ccccc1C(=O)O. The van der Waals surface area contributed by atoms with Crippen molar-refractivity contribution in [2.24, 2.45) is 0 Å². The van der Waals surface area contributed by atoms with E-state index in [4.69, 9.17) is 0 Å². The van der Waals surface area contributed by atoms with Crippen molar-refractivity contribution in [1.29, 1.82) is 0 Å². The van der Waals surface area contributed by atoms with Gasteiger partial charge in [-0.3, -0.25) is 19.3 Å². The van der Waals surface area contributed by atoms with E-state index < -0.39 is 29.6 Å². The first-order chi connectivity index (χ1) is 12.9. The number of nitrogens with zero attached hydrogens (tertiary/aromatic N) is 2. The van der Waals surface area contributed by atoms with Crippen LogP contribution in [-0.2, 0) is 9.59 Å². The number of benzene rings is 1. The Labute approximate surface area is 162 Å². The second kappa shape index (κ2) is 7.77. The fraction of sp³-hybridized carbons (Fsp3) is 0.111. The number of likely N-dealkylation sites (N-methyl/N-ethyl adjacent to an activating group) is 1. The molecule has 138 valence electrons. The van der Waals surface area contributed by atoms with Crippen LogP contribution in [0.2, 0.25) is 0 Å². The van der Waals surface area contributed by atoms with E-state index in [0.717, 1.165) is 26.4 Å². The van der Waals surface area contributed by atoms with Crippen LogP contribution in [0.25, 0.3) is 6.08 Å². The second-order valence-corrected chi connectivity index (χ2v) is 7.53. The molecule has 27 heavy (non-hydrogen) atoms. The number of carboxylic acids is 1. The minimum atomic E-state index is -1.17. The third kappa shape index (κ3) is 3.93. The third-order valence-corrected chi connectivity index (χ3v) is 5.58. The highest BCUT2D eigenvalue weighted by atomic mass is 32.2. The van der Waals surface area contributed by atoms with Gasteiger partial charge in [0.1, 0.15) is 6.54 Å². The van der Waals surface area contributed by atoms with E-state index in [0.29, 0.717) is 0 Å². The zero-order valence-electron chi connectivity index (χ0n) is 14.1. The van der Waals surface area contributed by atoms with Crippen molar-refractivity contribution in [2.75, 3.05) is 18.5 Å². The molecule has 1 aliphatic rings. The molecule has 0 unspecified atom stereocenters. The van der Waals surface area contributed by atoms with Crippen LogP contribution < -0.4 is 4.90 Å². The third-order valence-electron chi connectivity index (χ3n) is 3.85. The fourth-order valence-electron chi connectivity index (χ4n) is 2.46. The summed E-state index contributed by atoms with van der Waals surface area (Å²) in [6, 6.07) is 9.68. The van der Waals surface area contributed by atoms with Gasteiger partial charge in [0.05, 0.1) is 16.2 Å². The molecule has 1 fully saturated rings. The molecule has 1 aromatic carbocycles. The first-order valence-corrected chi connectivity index (χ1v) is 9.46. The van der Waals surface area contributed by atoms with E-state index >= 15 is 0 Å². The Morgan fingerprint density at radius 3 is 2.59 bits per heavy atom. The molecule has 3 amide bonds.